The lowest BCUT2D eigenvalue weighted by molar-refractivity contribution is 0.381. The lowest BCUT2D eigenvalue weighted by Gasteiger charge is -2.08. The van der Waals surface area contributed by atoms with Gasteiger partial charge in [0.05, 0.1) is 0 Å². The molecule has 16 heavy (non-hydrogen) atoms. The maximum Gasteiger partial charge on any atom is 0.146 e. The van der Waals surface area contributed by atoms with Crippen molar-refractivity contribution >= 4 is 28.1 Å². The van der Waals surface area contributed by atoms with E-state index in [-0.39, 0.29) is 6.61 Å². The summed E-state index contributed by atoms with van der Waals surface area (Å²) >= 11 is 4.78. The van der Waals surface area contributed by atoms with Crippen LogP contribution in [0.15, 0.2) is 30.3 Å². The minimum absolute atomic E-state index is 0.240. The summed E-state index contributed by atoms with van der Waals surface area (Å²) in [5, 5.41) is 1.05. The van der Waals surface area contributed by atoms with Crippen LogP contribution in [0.1, 0.15) is 5.69 Å². The Labute approximate surface area is 99.2 Å². The van der Waals surface area contributed by atoms with Crippen molar-refractivity contribution in [1.82, 2.24) is 4.98 Å². The standard InChI is InChI=1S/C12H12N2OS/c1-8-5-6-9-3-2-4-10(12(9)14-8)15-7-11(13)16/h2-6H,7H2,1H3,(H2,13,16). The first-order valence-corrected chi connectivity index (χ1v) is 5.35. The maximum atomic E-state index is 5.51. The van der Waals surface area contributed by atoms with Gasteiger partial charge < -0.3 is 10.5 Å². The molecule has 1 aromatic heterocycles. The quantitative estimate of drug-likeness (QED) is 0.824. The number of ether oxygens (including phenoxy) is 1. The highest BCUT2D eigenvalue weighted by atomic mass is 32.1. The molecule has 0 saturated carbocycles. The third-order valence-corrected chi connectivity index (χ3v) is 2.31. The molecule has 3 nitrogen and oxygen atoms in total. The molecule has 0 spiro atoms. The number of rotatable bonds is 3. The molecule has 2 rings (SSSR count). The van der Waals surface area contributed by atoms with Gasteiger partial charge in [-0.2, -0.15) is 0 Å². The third-order valence-electron chi connectivity index (χ3n) is 2.19. The van der Waals surface area contributed by atoms with E-state index in [0.717, 1.165) is 16.6 Å². The highest BCUT2D eigenvalue weighted by Crippen LogP contribution is 2.23. The number of pyridine rings is 1. The Kier molecular flexibility index (Phi) is 3.01. The zero-order chi connectivity index (χ0) is 11.5. The van der Waals surface area contributed by atoms with Crippen LogP contribution in [-0.2, 0) is 0 Å². The number of aryl methyl sites for hydroxylation is 1. The van der Waals surface area contributed by atoms with E-state index in [1.165, 1.54) is 0 Å². The Morgan fingerprint density at radius 3 is 2.94 bits per heavy atom. The van der Waals surface area contributed by atoms with Gasteiger partial charge in [-0.15, -0.1) is 0 Å². The summed E-state index contributed by atoms with van der Waals surface area (Å²) in [5.41, 5.74) is 7.20. The van der Waals surface area contributed by atoms with E-state index in [0.29, 0.717) is 10.7 Å². The Balaban J connectivity index is 2.43. The predicted octanol–water partition coefficient (Wildman–Crippen LogP) is 2.21. The van der Waals surface area contributed by atoms with Gasteiger partial charge in [-0.25, -0.2) is 4.98 Å². The molecule has 4 heteroatoms. The molecule has 2 N–H and O–H groups in total. The van der Waals surface area contributed by atoms with Crippen LogP contribution in [0.5, 0.6) is 5.75 Å². The summed E-state index contributed by atoms with van der Waals surface area (Å²) < 4.78 is 5.51. The number of aromatic nitrogens is 1. The second-order valence-electron chi connectivity index (χ2n) is 3.54. The second-order valence-corrected chi connectivity index (χ2v) is 4.06. The molecule has 0 aliphatic carbocycles. The van der Waals surface area contributed by atoms with E-state index in [1.54, 1.807) is 0 Å². The van der Waals surface area contributed by atoms with Crippen LogP contribution >= 0.6 is 12.2 Å². The van der Waals surface area contributed by atoms with Crippen LogP contribution < -0.4 is 10.5 Å². The smallest absolute Gasteiger partial charge is 0.146 e. The van der Waals surface area contributed by atoms with Gasteiger partial charge in [0, 0.05) is 11.1 Å². The van der Waals surface area contributed by atoms with Crippen molar-refractivity contribution in [2.24, 2.45) is 5.73 Å². The molecule has 0 bridgehead atoms. The van der Waals surface area contributed by atoms with E-state index in [2.05, 4.69) is 4.98 Å². The molecule has 1 aromatic carbocycles. The fourth-order valence-corrected chi connectivity index (χ4v) is 1.54. The van der Waals surface area contributed by atoms with Crippen LogP contribution in [0.2, 0.25) is 0 Å². The summed E-state index contributed by atoms with van der Waals surface area (Å²) in [6.45, 7) is 2.19. The van der Waals surface area contributed by atoms with Gasteiger partial charge in [0.25, 0.3) is 0 Å². The number of nitrogens with two attached hydrogens (primary N) is 1. The van der Waals surface area contributed by atoms with Crippen molar-refractivity contribution < 1.29 is 4.74 Å². The molecular formula is C12H12N2OS. The molecule has 0 amide bonds. The maximum absolute atomic E-state index is 5.51. The van der Waals surface area contributed by atoms with Gasteiger partial charge in [0.2, 0.25) is 0 Å². The summed E-state index contributed by atoms with van der Waals surface area (Å²) in [6, 6.07) is 9.78. The number of benzene rings is 1. The minimum Gasteiger partial charge on any atom is -0.484 e. The normalized spacial score (nSPS) is 10.3. The van der Waals surface area contributed by atoms with Crippen molar-refractivity contribution in [1.29, 1.82) is 0 Å². The molecule has 0 atom stereocenters. The van der Waals surface area contributed by atoms with Crippen LogP contribution in [0, 0.1) is 6.92 Å². The van der Waals surface area contributed by atoms with E-state index < -0.39 is 0 Å². The van der Waals surface area contributed by atoms with Crippen LogP contribution in [0.25, 0.3) is 10.9 Å². The molecule has 0 aliphatic heterocycles. The number of fused-ring (bicyclic) bond motifs is 1. The van der Waals surface area contributed by atoms with E-state index in [4.69, 9.17) is 22.7 Å². The molecule has 1 heterocycles. The monoisotopic (exact) mass is 232 g/mol. The summed E-state index contributed by atoms with van der Waals surface area (Å²) in [5.74, 6) is 0.717. The molecule has 0 radical (unpaired) electrons. The highest BCUT2D eigenvalue weighted by molar-refractivity contribution is 7.80. The molecule has 0 fully saturated rings. The Morgan fingerprint density at radius 2 is 2.19 bits per heavy atom. The Hall–Kier alpha value is -1.68. The zero-order valence-electron chi connectivity index (χ0n) is 8.93. The van der Waals surface area contributed by atoms with Crippen molar-refractivity contribution in [3.63, 3.8) is 0 Å². The van der Waals surface area contributed by atoms with Gasteiger partial charge >= 0.3 is 0 Å². The largest absolute Gasteiger partial charge is 0.484 e. The summed E-state index contributed by atoms with van der Waals surface area (Å²) in [7, 11) is 0. The van der Waals surface area contributed by atoms with Crippen molar-refractivity contribution in [2.75, 3.05) is 6.61 Å². The minimum atomic E-state index is 0.240. The SMILES string of the molecule is Cc1ccc2cccc(OCC(N)=S)c2n1. The first-order valence-electron chi connectivity index (χ1n) is 4.94. The summed E-state index contributed by atoms with van der Waals surface area (Å²) in [4.78, 5) is 4.78. The number of para-hydroxylation sites is 1. The average Bonchev–Trinajstić information content (AvgIpc) is 2.26. The zero-order valence-corrected chi connectivity index (χ0v) is 9.75. The number of nitrogens with zero attached hydrogens (tertiary/aromatic N) is 1. The van der Waals surface area contributed by atoms with Gasteiger partial charge in [-0.05, 0) is 19.1 Å². The lowest BCUT2D eigenvalue weighted by atomic mass is 10.2. The summed E-state index contributed by atoms with van der Waals surface area (Å²) in [6.07, 6.45) is 0. The van der Waals surface area contributed by atoms with Gasteiger partial charge in [-0.1, -0.05) is 30.4 Å². The van der Waals surface area contributed by atoms with Gasteiger partial charge in [-0.3, -0.25) is 0 Å². The second kappa shape index (κ2) is 4.45. The predicted molar refractivity (Wildman–Crippen MR) is 68.8 cm³/mol. The van der Waals surface area contributed by atoms with Gasteiger partial charge in [0.1, 0.15) is 22.9 Å². The first kappa shape index (κ1) is 10.8. The molecule has 0 saturated heterocycles. The third kappa shape index (κ3) is 2.28. The van der Waals surface area contributed by atoms with E-state index in [9.17, 15) is 0 Å². The Morgan fingerprint density at radius 1 is 1.38 bits per heavy atom. The molecular weight excluding hydrogens is 220 g/mol. The fraction of sp³-hybridized carbons (Fsp3) is 0.167. The van der Waals surface area contributed by atoms with Crippen molar-refractivity contribution in [3.05, 3.63) is 36.0 Å². The van der Waals surface area contributed by atoms with E-state index >= 15 is 0 Å². The molecule has 2 aromatic rings. The molecule has 0 aliphatic rings. The fourth-order valence-electron chi connectivity index (χ4n) is 1.48. The van der Waals surface area contributed by atoms with Crippen LogP contribution in [-0.4, -0.2) is 16.6 Å². The lowest BCUT2D eigenvalue weighted by Crippen LogP contribution is -2.18. The van der Waals surface area contributed by atoms with Crippen LogP contribution in [0.4, 0.5) is 0 Å². The van der Waals surface area contributed by atoms with E-state index in [1.807, 2.05) is 37.3 Å². The molecule has 0 unspecified atom stereocenters. The highest BCUT2D eigenvalue weighted by Gasteiger charge is 2.03. The first-order chi connectivity index (χ1) is 7.66. The van der Waals surface area contributed by atoms with Crippen LogP contribution in [0.3, 0.4) is 0 Å². The molecule has 82 valence electrons. The topological polar surface area (TPSA) is 48.1 Å². The van der Waals surface area contributed by atoms with Crippen molar-refractivity contribution in [2.45, 2.75) is 6.92 Å². The van der Waals surface area contributed by atoms with Gasteiger partial charge in [0.15, 0.2) is 0 Å². The van der Waals surface area contributed by atoms with Crippen molar-refractivity contribution in [3.8, 4) is 5.75 Å². The number of thiocarbonyl (C=S) groups is 1. The number of hydrogen-bond acceptors (Lipinski definition) is 3. The Bertz CT molecular complexity index is 540. The number of hydrogen-bond donors (Lipinski definition) is 1. The average molecular weight is 232 g/mol.